The van der Waals surface area contributed by atoms with Gasteiger partial charge in [-0.3, -0.25) is 5.10 Å². The fraction of sp³-hybridized carbons (Fsp3) is 0.333. The molecule has 0 bridgehead atoms. The van der Waals surface area contributed by atoms with Crippen molar-refractivity contribution in [1.29, 1.82) is 0 Å². The summed E-state index contributed by atoms with van der Waals surface area (Å²) in [4.78, 5) is 5.43. The summed E-state index contributed by atoms with van der Waals surface area (Å²) >= 11 is 1.56. The lowest BCUT2D eigenvalue weighted by Crippen LogP contribution is -2.03. The predicted octanol–water partition coefficient (Wildman–Crippen LogP) is 2.07. The van der Waals surface area contributed by atoms with Crippen LogP contribution in [0.25, 0.3) is 0 Å². The molecule has 0 radical (unpaired) electrons. The second-order valence-electron chi connectivity index (χ2n) is 3.93. The first-order valence-corrected chi connectivity index (χ1v) is 6.37. The first-order valence-electron chi connectivity index (χ1n) is 5.55. The first kappa shape index (κ1) is 12.1. The Labute approximate surface area is 105 Å². The number of rotatable bonds is 4. The zero-order valence-corrected chi connectivity index (χ0v) is 10.8. The number of H-pyrrole nitrogens is 1. The SMILES string of the molecule is Cc1nc(Sc2ccc(CCN)c(C)c2)n[nH]1. The van der Waals surface area contributed by atoms with E-state index in [0.29, 0.717) is 6.54 Å². The fourth-order valence-corrected chi connectivity index (χ4v) is 2.50. The molecular weight excluding hydrogens is 232 g/mol. The maximum atomic E-state index is 5.56. The van der Waals surface area contributed by atoms with Crippen molar-refractivity contribution in [2.24, 2.45) is 5.73 Å². The van der Waals surface area contributed by atoms with Crippen LogP contribution in [0.15, 0.2) is 28.3 Å². The lowest BCUT2D eigenvalue weighted by Gasteiger charge is -2.05. The normalized spacial score (nSPS) is 10.8. The molecule has 90 valence electrons. The van der Waals surface area contributed by atoms with Gasteiger partial charge >= 0.3 is 0 Å². The number of nitrogens with one attached hydrogen (secondary N) is 1. The van der Waals surface area contributed by atoms with Crippen molar-refractivity contribution in [2.45, 2.75) is 30.3 Å². The third-order valence-corrected chi connectivity index (χ3v) is 3.37. The molecule has 4 nitrogen and oxygen atoms in total. The van der Waals surface area contributed by atoms with Crippen molar-refractivity contribution in [2.75, 3.05) is 6.54 Å². The molecule has 2 rings (SSSR count). The second kappa shape index (κ2) is 5.33. The standard InChI is InChI=1S/C12H16N4S/c1-8-7-11(4-3-10(8)5-6-13)17-12-14-9(2)15-16-12/h3-4,7H,5-6,13H2,1-2H3,(H,14,15,16). The molecule has 0 saturated heterocycles. The van der Waals surface area contributed by atoms with E-state index < -0.39 is 0 Å². The Morgan fingerprint density at radius 2 is 2.18 bits per heavy atom. The Morgan fingerprint density at radius 1 is 1.35 bits per heavy atom. The Bertz CT molecular complexity index is 507. The van der Waals surface area contributed by atoms with E-state index in [-0.39, 0.29) is 0 Å². The van der Waals surface area contributed by atoms with E-state index in [1.165, 1.54) is 11.1 Å². The van der Waals surface area contributed by atoms with Crippen LogP contribution in [-0.2, 0) is 6.42 Å². The maximum Gasteiger partial charge on any atom is 0.213 e. The fourth-order valence-electron chi connectivity index (χ4n) is 1.64. The summed E-state index contributed by atoms with van der Waals surface area (Å²) < 4.78 is 0. The van der Waals surface area contributed by atoms with Crippen LogP contribution in [0.1, 0.15) is 17.0 Å². The minimum absolute atomic E-state index is 0.688. The van der Waals surface area contributed by atoms with E-state index in [1.807, 2.05) is 6.92 Å². The minimum Gasteiger partial charge on any atom is -0.330 e. The molecule has 0 aliphatic heterocycles. The van der Waals surface area contributed by atoms with Crippen LogP contribution in [0.5, 0.6) is 0 Å². The maximum absolute atomic E-state index is 5.56. The summed E-state index contributed by atoms with van der Waals surface area (Å²) in [5.41, 5.74) is 8.14. The van der Waals surface area contributed by atoms with Crippen molar-refractivity contribution in [1.82, 2.24) is 15.2 Å². The van der Waals surface area contributed by atoms with Gasteiger partial charge in [0.15, 0.2) is 0 Å². The summed E-state index contributed by atoms with van der Waals surface area (Å²) in [5.74, 6) is 0.837. The topological polar surface area (TPSA) is 67.6 Å². The summed E-state index contributed by atoms with van der Waals surface area (Å²) in [7, 11) is 0. The van der Waals surface area contributed by atoms with E-state index in [1.54, 1.807) is 11.8 Å². The molecule has 0 unspecified atom stereocenters. The first-order chi connectivity index (χ1) is 8.19. The van der Waals surface area contributed by atoms with Crippen molar-refractivity contribution < 1.29 is 0 Å². The lowest BCUT2D eigenvalue weighted by molar-refractivity contribution is 0.952. The monoisotopic (exact) mass is 248 g/mol. The average Bonchev–Trinajstić information content (AvgIpc) is 2.68. The van der Waals surface area contributed by atoms with Gasteiger partial charge in [0.1, 0.15) is 5.82 Å². The summed E-state index contributed by atoms with van der Waals surface area (Å²) in [6.07, 6.45) is 0.927. The van der Waals surface area contributed by atoms with Crippen molar-refractivity contribution in [3.63, 3.8) is 0 Å². The molecular formula is C12H16N4S. The van der Waals surface area contributed by atoms with Crippen LogP contribution in [0.4, 0.5) is 0 Å². The zero-order chi connectivity index (χ0) is 12.3. The second-order valence-corrected chi connectivity index (χ2v) is 4.97. The summed E-state index contributed by atoms with van der Waals surface area (Å²) in [6, 6.07) is 6.37. The third kappa shape index (κ3) is 3.08. The van der Waals surface area contributed by atoms with Gasteiger partial charge in [0, 0.05) is 4.90 Å². The molecule has 0 saturated carbocycles. The molecule has 0 spiro atoms. The van der Waals surface area contributed by atoms with Crippen molar-refractivity contribution in [3.05, 3.63) is 35.2 Å². The number of aromatic amines is 1. The van der Waals surface area contributed by atoms with Crippen LogP contribution >= 0.6 is 11.8 Å². The van der Waals surface area contributed by atoms with Crippen LogP contribution in [0, 0.1) is 13.8 Å². The number of hydrogen-bond acceptors (Lipinski definition) is 4. The van der Waals surface area contributed by atoms with Gasteiger partial charge in [0.05, 0.1) is 0 Å². The smallest absolute Gasteiger partial charge is 0.213 e. The number of aromatic nitrogens is 3. The van der Waals surface area contributed by atoms with E-state index in [2.05, 4.69) is 40.3 Å². The van der Waals surface area contributed by atoms with Gasteiger partial charge in [-0.05, 0) is 61.8 Å². The van der Waals surface area contributed by atoms with Crippen LogP contribution < -0.4 is 5.73 Å². The average molecular weight is 248 g/mol. The van der Waals surface area contributed by atoms with Crippen molar-refractivity contribution >= 4 is 11.8 Å². The van der Waals surface area contributed by atoms with Gasteiger partial charge in [-0.1, -0.05) is 6.07 Å². The van der Waals surface area contributed by atoms with E-state index >= 15 is 0 Å². The molecule has 3 N–H and O–H groups in total. The zero-order valence-electron chi connectivity index (χ0n) is 10.0. The van der Waals surface area contributed by atoms with E-state index in [4.69, 9.17) is 5.73 Å². The third-order valence-electron chi connectivity index (χ3n) is 2.51. The van der Waals surface area contributed by atoms with Crippen LogP contribution in [-0.4, -0.2) is 21.7 Å². The predicted molar refractivity (Wildman–Crippen MR) is 69.2 cm³/mol. The Hall–Kier alpha value is -1.33. The highest BCUT2D eigenvalue weighted by molar-refractivity contribution is 7.99. The van der Waals surface area contributed by atoms with Gasteiger partial charge in [-0.25, -0.2) is 4.98 Å². The minimum atomic E-state index is 0.688. The molecule has 17 heavy (non-hydrogen) atoms. The van der Waals surface area contributed by atoms with Crippen molar-refractivity contribution in [3.8, 4) is 0 Å². The molecule has 0 fully saturated rings. The number of aryl methyl sites for hydroxylation is 2. The Kier molecular flexibility index (Phi) is 3.81. The van der Waals surface area contributed by atoms with Gasteiger partial charge in [0.2, 0.25) is 5.16 Å². The number of nitrogens with two attached hydrogens (primary N) is 1. The molecule has 2 aromatic rings. The number of benzene rings is 1. The molecule has 0 aliphatic carbocycles. The van der Waals surface area contributed by atoms with Gasteiger partial charge in [0.25, 0.3) is 0 Å². The summed E-state index contributed by atoms with van der Waals surface area (Å²) in [6.45, 7) is 4.69. The highest BCUT2D eigenvalue weighted by atomic mass is 32.2. The van der Waals surface area contributed by atoms with Gasteiger partial charge in [-0.2, -0.15) is 0 Å². The quantitative estimate of drug-likeness (QED) is 0.869. The van der Waals surface area contributed by atoms with Gasteiger partial charge < -0.3 is 5.73 Å². The Morgan fingerprint density at radius 3 is 2.76 bits per heavy atom. The highest BCUT2D eigenvalue weighted by Crippen LogP contribution is 2.26. The lowest BCUT2D eigenvalue weighted by atomic mass is 10.1. The molecule has 1 aromatic heterocycles. The number of hydrogen-bond donors (Lipinski definition) is 2. The summed E-state index contributed by atoms with van der Waals surface area (Å²) in [5, 5.41) is 7.70. The number of nitrogens with zero attached hydrogens (tertiary/aromatic N) is 2. The Balaban J connectivity index is 2.14. The molecule has 1 aromatic carbocycles. The van der Waals surface area contributed by atoms with Gasteiger partial charge in [-0.15, -0.1) is 5.10 Å². The van der Waals surface area contributed by atoms with Crippen LogP contribution in [0.3, 0.4) is 0 Å². The van der Waals surface area contributed by atoms with E-state index in [9.17, 15) is 0 Å². The molecule has 5 heteroatoms. The molecule has 0 atom stereocenters. The molecule has 0 amide bonds. The highest BCUT2D eigenvalue weighted by Gasteiger charge is 2.04. The van der Waals surface area contributed by atoms with E-state index in [0.717, 1.165) is 22.3 Å². The largest absolute Gasteiger partial charge is 0.330 e. The molecule has 1 heterocycles. The molecule has 0 aliphatic rings. The van der Waals surface area contributed by atoms with Crippen LogP contribution in [0.2, 0.25) is 0 Å².